The smallest absolute Gasteiger partial charge is 0.270 e. The SMILES string of the molecule is CSC(C)(C)CNS(=O)(=O)c1cc([N+](=O)[O-])ccc1NN. The average Bonchev–Trinajstić information content (AvgIpc) is 2.44. The van der Waals surface area contributed by atoms with Gasteiger partial charge in [0.2, 0.25) is 10.0 Å². The molecule has 1 aromatic carbocycles. The van der Waals surface area contributed by atoms with E-state index in [1.54, 1.807) is 0 Å². The van der Waals surface area contributed by atoms with Crippen LogP contribution in [-0.4, -0.2) is 30.9 Å². The molecule has 0 fully saturated rings. The Morgan fingerprint density at radius 1 is 1.43 bits per heavy atom. The Kier molecular flexibility index (Phi) is 5.56. The normalized spacial score (nSPS) is 12.2. The molecule has 1 aromatic rings. The summed E-state index contributed by atoms with van der Waals surface area (Å²) in [5.74, 6) is 5.27. The van der Waals surface area contributed by atoms with Gasteiger partial charge in [0.05, 0.1) is 10.6 Å². The van der Waals surface area contributed by atoms with Gasteiger partial charge in [0.1, 0.15) is 4.90 Å². The fourth-order valence-corrected chi connectivity index (χ4v) is 3.09. The maximum absolute atomic E-state index is 12.3. The summed E-state index contributed by atoms with van der Waals surface area (Å²) in [6.45, 7) is 3.95. The van der Waals surface area contributed by atoms with E-state index in [1.807, 2.05) is 20.1 Å². The number of nitrogens with two attached hydrogens (primary N) is 1. The van der Waals surface area contributed by atoms with E-state index in [0.717, 1.165) is 6.07 Å². The lowest BCUT2D eigenvalue weighted by molar-refractivity contribution is -0.385. The summed E-state index contributed by atoms with van der Waals surface area (Å²) in [4.78, 5) is 9.86. The molecule has 0 radical (unpaired) electrons. The van der Waals surface area contributed by atoms with Gasteiger partial charge in [0.25, 0.3) is 5.69 Å². The van der Waals surface area contributed by atoms with Crippen LogP contribution >= 0.6 is 11.8 Å². The van der Waals surface area contributed by atoms with Gasteiger partial charge in [-0.1, -0.05) is 0 Å². The molecule has 0 aliphatic carbocycles. The molecule has 0 aliphatic rings. The Morgan fingerprint density at radius 3 is 2.52 bits per heavy atom. The minimum atomic E-state index is -3.91. The first-order valence-corrected chi connectivity index (χ1v) is 8.63. The molecular weight excluding hydrogens is 316 g/mol. The average molecular weight is 334 g/mol. The van der Waals surface area contributed by atoms with Crippen LogP contribution in [0.15, 0.2) is 23.1 Å². The number of hydrogen-bond donors (Lipinski definition) is 3. The number of nitrogens with zero attached hydrogens (tertiary/aromatic N) is 1. The third-order valence-corrected chi connectivity index (χ3v) is 5.55. The number of nitro groups is 1. The number of benzene rings is 1. The predicted octanol–water partition coefficient (Wildman–Crippen LogP) is 1.30. The number of anilines is 1. The zero-order valence-corrected chi connectivity index (χ0v) is 13.5. The van der Waals surface area contributed by atoms with Gasteiger partial charge in [-0.3, -0.25) is 16.0 Å². The zero-order chi connectivity index (χ0) is 16.3. The van der Waals surface area contributed by atoms with Crippen molar-refractivity contribution in [1.82, 2.24) is 4.72 Å². The van der Waals surface area contributed by atoms with Crippen LogP contribution in [0, 0.1) is 10.1 Å². The van der Waals surface area contributed by atoms with E-state index in [0.29, 0.717) is 0 Å². The highest BCUT2D eigenvalue weighted by molar-refractivity contribution is 8.00. The number of non-ortho nitro benzene ring substituents is 1. The standard InChI is InChI=1S/C11H18N4O4S2/c1-11(2,20-3)7-13-21(18,19)10-6-8(15(16)17)4-5-9(10)14-12/h4-6,13-14H,7,12H2,1-3H3. The molecule has 0 saturated carbocycles. The quantitative estimate of drug-likeness (QED) is 0.389. The van der Waals surface area contributed by atoms with E-state index in [4.69, 9.17) is 5.84 Å². The van der Waals surface area contributed by atoms with Crippen molar-refractivity contribution in [3.8, 4) is 0 Å². The largest absolute Gasteiger partial charge is 0.323 e. The van der Waals surface area contributed by atoms with E-state index in [9.17, 15) is 18.5 Å². The summed E-state index contributed by atoms with van der Waals surface area (Å²) in [5.41, 5.74) is 2.00. The number of sulfonamides is 1. The van der Waals surface area contributed by atoms with Crippen LogP contribution in [0.25, 0.3) is 0 Å². The molecule has 0 saturated heterocycles. The molecule has 118 valence electrons. The second-order valence-corrected chi connectivity index (χ2v) is 8.12. The molecule has 0 spiro atoms. The summed E-state index contributed by atoms with van der Waals surface area (Å²) in [7, 11) is -3.91. The predicted molar refractivity (Wildman–Crippen MR) is 83.7 cm³/mol. The van der Waals surface area contributed by atoms with Gasteiger partial charge in [-0.2, -0.15) is 11.8 Å². The molecule has 0 aliphatic heterocycles. The van der Waals surface area contributed by atoms with Crippen molar-refractivity contribution in [2.75, 3.05) is 18.2 Å². The Balaban J connectivity index is 3.17. The lowest BCUT2D eigenvalue weighted by Gasteiger charge is -2.22. The van der Waals surface area contributed by atoms with Gasteiger partial charge < -0.3 is 5.43 Å². The van der Waals surface area contributed by atoms with Crippen LogP contribution < -0.4 is 16.0 Å². The van der Waals surface area contributed by atoms with Crippen molar-refractivity contribution >= 4 is 33.2 Å². The minimum Gasteiger partial charge on any atom is -0.323 e. The van der Waals surface area contributed by atoms with Crippen LogP contribution in [0.4, 0.5) is 11.4 Å². The van der Waals surface area contributed by atoms with E-state index in [1.165, 1.54) is 23.9 Å². The summed E-state index contributed by atoms with van der Waals surface area (Å²) < 4.78 is 26.8. The Labute approximate surface area is 127 Å². The van der Waals surface area contributed by atoms with Crippen LogP contribution in [0.3, 0.4) is 0 Å². The van der Waals surface area contributed by atoms with Crippen molar-refractivity contribution in [2.45, 2.75) is 23.5 Å². The fourth-order valence-electron chi connectivity index (χ4n) is 1.38. The number of rotatable bonds is 7. The zero-order valence-electron chi connectivity index (χ0n) is 11.9. The maximum Gasteiger partial charge on any atom is 0.270 e. The number of nitrogen functional groups attached to an aromatic ring is 1. The highest BCUT2D eigenvalue weighted by Crippen LogP contribution is 2.27. The second kappa shape index (κ2) is 6.60. The number of hydrogen-bond acceptors (Lipinski definition) is 7. The molecule has 0 atom stereocenters. The molecule has 0 amide bonds. The van der Waals surface area contributed by atoms with Crippen molar-refractivity contribution in [2.24, 2.45) is 5.84 Å². The molecular formula is C11H18N4O4S2. The number of nitro benzene ring substituents is 1. The van der Waals surface area contributed by atoms with Crippen molar-refractivity contribution < 1.29 is 13.3 Å². The third-order valence-electron chi connectivity index (χ3n) is 2.86. The van der Waals surface area contributed by atoms with E-state index in [2.05, 4.69) is 10.1 Å². The van der Waals surface area contributed by atoms with Gasteiger partial charge in [-0.05, 0) is 26.2 Å². The first kappa shape index (κ1) is 17.7. The Bertz CT molecular complexity index is 631. The number of hydrazine groups is 1. The highest BCUT2D eigenvalue weighted by atomic mass is 32.2. The van der Waals surface area contributed by atoms with Crippen LogP contribution in [-0.2, 0) is 10.0 Å². The van der Waals surface area contributed by atoms with Crippen LogP contribution in [0.5, 0.6) is 0 Å². The molecule has 0 bridgehead atoms. The summed E-state index contributed by atoms with van der Waals surface area (Å²) in [6, 6.07) is 3.41. The molecule has 21 heavy (non-hydrogen) atoms. The van der Waals surface area contributed by atoms with Crippen LogP contribution in [0.2, 0.25) is 0 Å². The Morgan fingerprint density at radius 2 is 2.05 bits per heavy atom. The van der Waals surface area contributed by atoms with Crippen molar-refractivity contribution in [1.29, 1.82) is 0 Å². The summed E-state index contributed by atoms with van der Waals surface area (Å²) in [6.07, 6.45) is 1.87. The molecule has 0 aromatic heterocycles. The lowest BCUT2D eigenvalue weighted by atomic mass is 10.2. The van der Waals surface area contributed by atoms with Gasteiger partial charge >= 0.3 is 0 Å². The topological polar surface area (TPSA) is 127 Å². The second-order valence-electron chi connectivity index (χ2n) is 4.87. The van der Waals surface area contributed by atoms with E-state index in [-0.39, 0.29) is 27.6 Å². The first-order valence-electron chi connectivity index (χ1n) is 5.93. The van der Waals surface area contributed by atoms with Gasteiger partial charge in [-0.25, -0.2) is 13.1 Å². The maximum atomic E-state index is 12.3. The monoisotopic (exact) mass is 334 g/mol. The molecule has 0 unspecified atom stereocenters. The fraction of sp³-hybridized carbons (Fsp3) is 0.455. The third kappa shape index (κ3) is 4.56. The lowest BCUT2D eigenvalue weighted by Crippen LogP contribution is -2.36. The van der Waals surface area contributed by atoms with Crippen molar-refractivity contribution in [3.05, 3.63) is 28.3 Å². The Hall–Kier alpha value is -1.36. The summed E-state index contributed by atoms with van der Waals surface area (Å²) in [5, 5.41) is 10.8. The first-order chi connectivity index (χ1) is 9.63. The van der Waals surface area contributed by atoms with E-state index >= 15 is 0 Å². The van der Waals surface area contributed by atoms with E-state index < -0.39 is 14.9 Å². The van der Waals surface area contributed by atoms with Gasteiger partial charge in [-0.15, -0.1) is 0 Å². The molecule has 10 heteroatoms. The molecule has 0 heterocycles. The molecule has 1 rings (SSSR count). The molecule has 4 N–H and O–H groups in total. The highest BCUT2D eigenvalue weighted by Gasteiger charge is 2.25. The van der Waals surface area contributed by atoms with Crippen molar-refractivity contribution in [3.63, 3.8) is 0 Å². The van der Waals surface area contributed by atoms with Gasteiger partial charge in [0.15, 0.2) is 0 Å². The number of thioether (sulfide) groups is 1. The van der Waals surface area contributed by atoms with Gasteiger partial charge in [0, 0.05) is 23.4 Å². The number of nitrogens with one attached hydrogen (secondary N) is 2. The van der Waals surface area contributed by atoms with Crippen LogP contribution in [0.1, 0.15) is 13.8 Å². The molecule has 8 nitrogen and oxygen atoms in total. The summed E-state index contributed by atoms with van der Waals surface area (Å²) >= 11 is 1.51. The minimum absolute atomic E-state index is 0.0926.